The summed E-state index contributed by atoms with van der Waals surface area (Å²) in [6.07, 6.45) is 7.91. The van der Waals surface area contributed by atoms with Gasteiger partial charge >= 0.3 is 0 Å². The van der Waals surface area contributed by atoms with E-state index in [2.05, 4.69) is 20.6 Å². The van der Waals surface area contributed by atoms with Gasteiger partial charge in [-0.05, 0) is 44.0 Å². The third-order valence-electron chi connectivity index (χ3n) is 4.03. The van der Waals surface area contributed by atoms with Crippen LogP contribution in [-0.2, 0) is 0 Å². The van der Waals surface area contributed by atoms with E-state index >= 15 is 0 Å². The monoisotopic (exact) mass is 326 g/mol. The van der Waals surface area contributed by atoms with Gasteiger partial charge in [-0.2, -0.15) is 0 Å². The maximum absolute atomic E-state index is 12.2. The summed E-state index contributed by atoms with van der Waals surface area (Å²) in [5, 5.41) is 6.13. The van der Waals surface area contributed by atoms with Crippen LogP contribution in [0.2, 0.25) is 0 Å². The van der Waals surface area contributed by atoms with Gasteiger partial charge in [0.1, 0.15) is 5.75 Å². The predicted molar refractivity (Wildman–Crippen MR) is 93.5 cm³/mol. The number of carbonyl (C=O) groups excluding carboxylic acids is 1. The van der Waals surface area contributed by atoms with Crippen LogP contribution >= 0.6 is 0 Å². The van der Waals surface area contributed by atoms with Crippen LogP contribution in [0, 0.1) is 0 Å². The summed E-state index contributed by atoms with van der Waals surface area (Å²) in [5.41, 5.74) is 1.14. The smallest absolute Gasteiger partial charge is 0.258 e. The van der Waals surface area contributed by atoms with E-state index in [1.807, 2.05) is 19.1 Å². The van der Waals surface area contributed by atoms with Crippen LogP contribution in [0.3, 0.4) is 0 Å². The number of ether oxygens (including phenoxy) is 1. The van der Waals surface area contributed by atoms with E-state index in [0.717, 1.165) is 18.6 Å². The summed E-state index contributed by atoms with van der Waals surface area (Å²) >= 11 is 0. The molecule has 0 radical (unpaired) electrons. The molecule has 1 aliphatic carbocycles. The molecule has 0 unspecified atom stereocenters. The van der Waals surface area contributed by atoms with Gasteiger partial charge in [-0.15, -0.1) is 0 Å². The van der Waals surface area contributed by atoms with Crippen molar-refractivity contribution in [2.45, 2.75) is 38.6 Å². The summed E-state index contributed by atoms with van der Waals surface area (Å²) in [6.45, 7) is 2.55. The number of carbonyl (C=O) groups is 1. The van der Waals surface area contributed by atoms with Crippen LogP contribution in [-0.4, -0.2) is 28.5 Å². The lowest BCUT2D eigenvalue weighted by Gasteiger charge is -2.11. The molecule has 0 spiro atoms. The van der Waals surface area contributed by atoms with Gasteiger partial charge in [-0.1, -0.05) is 12.8 Å². The highest BCUT2D eigenvalue weighted by molar-refractivity contribution is 6.03. The minimum atomic E-state index is -0.230. The first kappa shape index (κ1) is 16.2. The van der Waals surface area contributed by atoms with Crippen molar-refractivity contribution in [3.05, 3.63) is 42.2 Å². The maximum atomic E-state index is 12.2. The zero-order valence-electron chi connectivity index (χ0n) is 13.8. The van der Waals surface area contributed by atoms with Crippen LogP contribution in [0.25, 0.3) is 0 Å². The largest absolute Gasteiger partial charge is 0.494 e. The Morgan fingerprint density at radius 1 is 1.17 bits per heavy atom. The number of anilines is 2. The Morgan fingerprint density at radius 3 is 2.46 bits per heavy atom. The number of aromatic nitrogens is 2. The molecule has 2 N–H and O–H groups in total. The van der Waals surface area contributed by atoms with Crippen molar-refractivity contribution < 1.29 is 9.53 Å². The molecule has 6 heteroatoms. The molecule has 1 aliphatic rings. The Morgan fingerprint density at radius 2 is 1.83 bits per heavy atom. The fourth-order valence-electron chi connectivity index (χ4n) is 2.78. The highest BCUT2D eigenvalue weighted by Gasteiger charge is 2.16. The number of nitrogens with zero attached hydrogens (tertiary/aromatic N) is 2. The lowest BCUT2D eigenvalue weighted by Crippen LogP contribution is -2.18. The highest BCUT2D eigenvalue weighted by Crippen LogP contribution is 2.20. The summed E-state index contributed by atoms with van der Waals surface area (Å²) in [5.74, 6) is 1.13. The fraction of sp³-hybridized carbons (Fsp3) is 0.389. The Kier molecular flexibility index (Phi) is 5.25. The summed E-state index contributed by atoms with van der Waals surface area (Å²) in [7, 11) is 0. The number of rotatable bonds is 6. The van der Waals surface area contributed by atoms with Crippen molar-refractivity contribution in [3.63, 3.8) is 0 Å². The zero-order chi connectivity index (χ0) is 16.8. The molecule has 0 aliphatic heterocycles. The first-order valence-electron chi connectivity index (χ1n) is 8.37. The van der Waals surface area contributed by atoms with Crippen LogP contribution in [0.4, 0.5) is 11.6 Å². The SMILES string of the molecule is CCOc1ccc(NC(=O)c2cnc(NC3CCCC3)nc2)cc1. The molecule has 24 heavy (non-hydrogen) atoms. The minimum absolute atomic E-state index is 0.230. The van der Waals surface area contributed by atoms with Gasteiger partial charge in [0.2, 0.25) is 5.95 Å². The minimum Gasteiger partial charge on any atom is -0.494 e. The Bertz CT molecular complexity index is 664. The normalized spacial score (nSPS) is 14.4. The fourth-order valence-corrected chi connectivity index (χ4v) is 2.78. The Hall–Kier alpha value is -2.63. The van der Waals surface area contributed by atoms with E-state index in [9.17, 15) is 4.79 Å². The number of hydrogen-bond acceptors (Lipinski definition) is 5. The van der Waals surface area contributed by atoms with Crippen LogP contribution in [0.5, 0.6) is 5.75 Å². The third-order valence-corrected chi connectivity index (χ3v) is 4.03. The van der Waals surface area contributed by atoms with Crippen molar-refractivity contribution in [1.82, 2.24) is 9.97 Å². The van der Waals surface area contributed by atoms with Crippen molar-refractivity contribution in [1.29, 1.82) is 0 Å². The van der Waals surface area contributed by atoms with E-state index in [1.165, 1.54) is 12.8 Å². The number of hydrogen-bond donors (Lipinski definition) is 2. The molecule has 126 valence electrons. The zero-order valence-corrected chi connectivity index (χ0v) is 13.8. The van der Waals surface area contributed by atoms with Crippen LogP contribution < -0.4 is 15.4 Å². The summed E-state index contributed by atoms with van der Waals surface area (Å²) in [4.78, 5) is 20.7. The number of nitrogens with one attached hydrogen (secondary N) is 2. The average Bonchev–Trinajstić information content (AvgIpc) is 3.10. The number of benzene rings is 1. The molecule has 0 bridgehead atoms. The summed E-state index contributed by atoms with van der Waals surface area (Å²) in [6, 6.07) is 7.71. The van der Waals surface area contributed by atoms with E-state index in [1.54, 1.807) is 24.5 Å². The van der Waals surface area contributed by atoms with Gasteiger partial charge in [0.25, 0.3) is 5.91 Å². The molecule has 1 saturated carbocycles. The second-order valence-corrected chi connectivity index (χ2v) is 5.83. The van der Waals surface area contributed by atoms with Crippen molar-refractivity contribution in [2.75, 3.05) is 17.2 Å². The van der Waals surface area contributed by atoms with Gasteiger partial charge in [0, 0.05) is 24.1 Å². The quantitative estimate of drug-likeness (QED) is 0.850. The molecule has 1 aromatic carbocycles. The van der Waals surface area contributed by atoms with Gasteiger partial charge in [-0.25, -0.2) is 9.97 Å². The van der Waals surface area contributed by atoms with Gasteiger partial charge in [0.05, 0.1) is 12.2 Å². The maximum Gasteiger partial charge on any atom is 0.258 e. The standard InChI is InChI=1S/C18H22N4O2/c1-2-24-16-9-7-15(8-10-16)21-17(23)13-11-19-18(20-12-13)22-14-5-3-4-6-14/h7-12,14H,2-6H2,1H3,(H,21,23)(H,19,20,22). The van der Waals surface area contributed by atoms with Crippen molar-refractivity contribution >= 4 is 17.5 Å². The number of amides is 1. The molecular weight excluding hydrogens is 304 g/mol. The predicted octanol–water partition coefficient (Wildman–Crippen LogP) is 3.48. The van der Waals surface area contributed by atoms with Crippen LogP contribution in [0.15, 0.2) is 36.7 Å². The van der Waals surface area contributed by atoms with Gasteiger partial charge in [-0.3, -0.25) is 4.79 Å². The Balaban J connectivity index is 1.57. The van der Waals surface area contributed by atoms with Gasteiger partial charge < -0.3 is 15.4 Å². The van der Waals surface area contributed by atoms with E-state index in [4.69, 9.17) is 4.74 Å². The molecule has 0 saturated heterocycles. The lowest BCUT2D eigenvalue weighted by molar-refractivity contribution is 0.102. The third kappa shape index (κ3) is 4.22. The van der Waals surface area contributed by atoms with Crippen LogP contribution in [0.1, 0.15) is 43.0 Å². The first-order chi connectivity index (χ1) is 11.7. The topological polar surface area (TPSA) is 76.1 Å². The molecule has 3 rings (SSSR count). The van der Waals surface area contributed by atoms with Crippen molar-refractivity contribution in [2.24, 2.45) is 0 Å². The second-order valence-electron chi connectivity index (χ2n) is 5.83. The average molecular weight is 326 g/mol. The van der Waals surface area contributed by atoms with E-state index < -0.39 is 0 Å². The molecule has 6 nitrogen and oxygen atoms in total. The molecular formula is C18H22N4O2. The summed E-state index contributed by atoms with van der Waals surface area (Å²) < 4.78 is 5.38. The second kappa shape index (κ2) is 7.77. The van der Waals surface area contributed by atoms with Gasteiger partial charge in [0.15, 0.2) is 0 Å². The molecule has 1 heterocycles. The molecule has 1 aromatic heterocycles. The molecule has 1 fully saturated rings. The Labute approximate surface area is 141 Å². The lowest BCUT2D eigenvalue weighted by atomic mass is 10.2. The highest BCUT2D eigenvalue weighted by atomic mass is 16.5. The first-order valence-corrected chi connectivity index (χ1v) is 8.37. The molecule has 0 atom stereocenters. The molecule has 1 amide bonds. The van der Waals surface area contributed by atoms with Crippen molar-refractivity contribution in [3.8, 4) is 5.75 Å². The van der Waals surface area contributed by atoms with E-state index in [0.29, 0.717) is 29.8 Å². The molecule has 2 aromatic rings. The van der Waals surface area contributed by atoms with E-state index in [-0.39, 0.29) is 5.91 Å².